The van der Waals surface area contributed by atoms with Gasteiger partial charge >= 0.3 is 5.97 Å². The Bertz CT molecular complexity index is 1710. The van der Waals surface area contributed by atoms with Gasteiger partial charge in [-0.05, 0) is 42.0 Å². The zero-order chi connectivity index (χ0) is 33.4. The molecule has 4 aromatic rings. The lowest BCUT2D eigenvalue weighted by Crippen LogP contribution is -2.58. The first-order valence-corrected chi connectivity index (χ1v) is 15.2. The van der Waals surface area contributed by atoms with Gasteiger partial charge in [0.2, 0.25) is 23.6 Å². The van der Waals surface area contributed by atoms with Gasteiger partial charge in [-0.1, -0.05) is 50.2 Å². The number of aliphatic carboxylic acids is 1. The molecule has 13 nitrogen and oxygen atoms in total. The average molecular weight is 632 g/mol. The number of fused-ring (bicyclic) bond motifs is 2. The molecular weight excluding hydrogens is 590 g/mol. The summed E-state index contributed by atoms with van der Waals surface area (Å²) in [7, 11) is 0. The summed E-state index contributed by atoms with van der Waals surface area (Å²) in [4.78, 5) is 70.1. The Kier molecular flexibility index (Phi) is 11.2. The number of hydrogen-bond acceptors (Lipinski definition) is 6. The molecule has 0 fully saturated rings. The molecule has 4 amide bonds. The summed E-state index contributed by atoms with van der Waals surface area (Å²) in [5.74, 6) is -3.82. The molecule has 0 aliphatic carbocycles. The Hall–Kier alpha value is -5.17. The molecule has 244 valence electrons. The van der Waals surface area contributed by atoms with Crippen LogP contribution < -0.4 is 27.4 Å². The van der Waals surface area contributed by atoms with Crippen LogP contribution in [0.25, 0.3) is 21.8 Å². The van der Waals surface area contributed by atoms with Crippen LogP contribution in [0.2, 0.25) is 0 Å². The number of primary amides is 1. The molecule has 0 aliphatic rings. The number of aromatic nitrogens is 2. The Morgan fingerprint density at radius 1 is 0.739 bits per heavy atom. The van der Waals surface area contributed by atoms with Crippen molar-refractivity contribution in [2.75, 3.05) is 0 Å². The Morgan fingerprint density at radius 2 is 1.22 bits per heavy atom. The van der Waals surface area contributed by atoms with Gasteiger partial charge in [0.15, 0.2) is 0 Å². The lowest BCUT2D eigenvalue weighted by atomic mass is 9.99. The molecule has 2 aromatic carbocycles. The van der Waals surface area contributed by atoms with Crippen LogP contribution in [-0.4, -0.2) is 68.8 Å². The number of rotatable bonds is 16. The smallest absolute Gasteiger partial charge is 0.326 e. The second kappa shape index (κ2) is 15.2. The second-order valence-electron chi connectivity index (χ2n) is 11.9. The van der Waals surface area contributed by atoms with E-state index in [0.717, 1.165) is 27.4 Å². The van der Waals surface area contributed by atoms with E-state index in [1.807, 2.05) is 62.4 Å². The zero-order valence-electron chi connectivity index (χ0n) is 25.8. The van der Waals surface area contributed by atoms with E-state index in [4.69, 9.17) is 11.5 Å². The molecule has 0 aliphatic heterocycles. The lowest BCUT2D eigenvalue weighted by Gasteiger charge is -2.26. The molecule has 2 heterocycles. The van der Waals surface area contributed by atoms with Crippen LogP contribution in [0.3, 0.4) is 0 Å². The number of carboxylic acid groups (broad SMARTS) is 1. The zero-order valence-corrected chi connectivity index (χ0v) is 25.8. The standard InChI is InChI=1S/C33H41N7O6/c1-18(2)13-26(38-30(42)23(34)11-12-29(35)41)31(43)39-27(14-19-16-36-24-9-5-3-7-21(19)24)32(44)40-28(33(45)46)15-20-17-37-25-10-6-4-8-22(20)25/h3-10,16-18,23,26-28,36-37H,11-15,34H2,1-2H3,(H2,35,41)(H,38,42)(H,39,43)(H,40,44)(H,45,46). The van der Waals surface area contributed by atoms with Gasteiger partial charge in [-0.3, -0.25) is 19.2 Å². The van der Waals surface area contributed by atoms with E-state index in [0.29, 0.717) is 5.56 Å². The van der Waals surface area contributed by atoms with Crippen LogP contribution in [-0.2, 0) is 36.8 Å². The third-order valence-electron chi connectivity index (χ3n) is 7.82. The van der Waals surface area contributed by atoms with Crippen molar-refractivity contribution in [2.45, 2.75) is 70.1 Å². The van der Waals surface area contributed by atoms with E-state index in [-0.39, 0.29) is 38.0 Å². The molecule has 0 bridgehead atoms. The molecular formula is C33H41N7O6. The van der Waals surface area contributed by atoms with E-state index in [1.54, 1.807) is 12.4 Å². The van der Waals surface area contributed by atoms with Crippen molar-refractivity contribution in [3.63, 3.8) is 0 Å². The predicted molar refractivity (Wildman–Crippen MR) is 173 cm³/mol. The number of carbonyl (C=O) groups excluding carboxylic acids is 4. The van der Waals surface area contributed by atoms with E-state index in [9.17, 15) is 29.1 Å². The summed E-state index contributed by atoms with van der Waals surface area (Å²) in [6.45, 7) is 3.75. The summed E-state index contributed by atoms with van der Waals surface area (Å²) < 4.78 is 0. The fourth-order valence-electron chi connectivity index (χ4n) is 5.41. The molecule has 13 heteroatoms. The largest absolute Gasteiger partial charge is 0.480 e. The van der Waals surface area contributed by atoms with Crippen molar-refractivity contribution < 1.29 is 29.1 Å². The normalized spacial score (nSPS) is 14.0. The van der Waals surface area contributed by atoms with Gasteiger partial charge in [-0.25, -0.2) is 4.79 Å². The summed E-state index contributed by atoms with van der Waals surface area (Å²) in [5, 5.41) is 19.8. The number of benzene rings is 2. The van der Waals surface area contributed by atoms with E-state index >= 15 is 0 Å². The number of nitrogens with one attached hydrogen (secondary N) is 5. The van der Waals surface area contributed by atoms with E-state index in [2.05, 4.69) is 25.9 Å². The number of aromatic amines is 2. The highest BCUT2D eigenvalue weighted by atomic mass is 16.4. The van der Waals surface area contributed by atoms with Gasteiger partial charge in [0.25, 0.3) is 0 Å². The molecule has 0 saturated heterocycles. The van der Waals surface area contributed by atoms with Crippen LogP contribution in [0.1, 0.15) is 44.2 Å². The SMILES string of the molecule is CC(C)CC(NC(=O)C(N)CCC(N)=O)C(=O)NC(Cc1c[nH]c2ccccc12)C(=O)NC(Cc1c[nH]c2ccccc12)C(=O)O. The first-order chi connectivity index (χ1) is 21.9. The first-order valence-electron chi connectivity index (χ1n) is 15.2. The van der Waals surface area contributed by atoms with Gasteiger partial charge in [-0.2, -0.15) is 0 Å². The maximum absolute atomic E-state index is 13.8. The minimum Gasteiger partial charge on any atom is -0.480 e. The van der Waals surface area contributed by atoms with Gasteiger partial charge in [-0.15, -0.1) is 0 Å². The molecule has 4 rings (SSSR count). The molecule has 0 radical (unpaired) electrons. The van der Waals surface area contributed by atoms with Crippen molar-refractivity contribution in [1.82, 2.24) is 25.9 Å². The minimum absolute atomic E-state index is 0.00800. The van der Waals surface area contributed by atoms with E-state index < -0.39 is 53.8 Å². The van der Waals surface area contributed by atoms with Gasteiger partial charge in [0.05, 0.1) is 6.04 Å². The fourth-order valence-corrected chi connectivity index (χ4v) is 5.41. The summed E-state index contributed by atoms with van der Waals surface area (Å²) in [5.41, 5.74) is 14.2. The van der Waals surface area contributed by atoms with Crippen LogP contribution in [0.4, 0.5) is 0 Å². The number of H-pyrrole nitrogens is 2. The number of hydrogen-bond donors (Lipinski definition) is 8. The van der Waals surface area contributed by atoms with Crippen LogP contribution in [0, 0.1) is 5.92 Å². The molecule has 46 heavy (non-hydrogen) atoms. The molecule has 0 saturated carbocycles. The van der Waals surface area contributed by atoms with Crippen LogP contribution in [0.15, 0.2) is 60.9 Å². The quantitative estimate of drug-likeness (QED) is 0.0911. The Labute approximate surface area is 265 Å². The van der Waals surface area contributed by atoms with Gasteiger partial charge in [0, 0.05) is 53.5 Å². The third-order valence-corrected chi connectivity index (χ3v) is 7.82. The number of nitrogens with two attached hydrogens (primary N) is 2. The molecule has 0 spiro atoms. The van der Waals surface area contributed by atoms with Crippen molar-refractivity contribution in [3.8, 4) is 0 Å². The maximum atomic E-state index is 13.8. The number of para-hydroxylation sites is 2. The maximum Gasteiger partial charge on any atom is 0.326 e. The molecule has 2 aromatic heterocycles. The van der Waals surface area contributed by atoms with Crippen molar-refractivity contribution in [3.05, 3.63) is 72.1 Å². The topological polar surface area (TPSA) is 225 Å². The van der Waals surface area contributed by atoms with Crippen LogP contribution in [0.5, 0.6) is 0 Å². The highest BCUT2D eigenvalue weighted by molar-refractivity contribution is 5.95. The van der Waals surface area contributed by atoms with Gasteiger partial charge < -0.3 is 42.5 Å². The Morgan fingerprint density at radius 3 is 1.74 bits per heavy atom. The summed E-state index contributed by atoms with van der Waals surface area (Å²) in [6, 6.07) is 10.3. The number of carbonyl (C=O) groups is 5. The van der Waals surface area contributed by atoms with Crippen molar-refractivity contribution >= 4 is 51.4 Å². The highest BCUT2D eigenvalue weighted by Gasteiger charge is 2.32. The fraction of sp³-hybridized carbons (Fsp3) is 0.364. The monoisotopic (exact) mass is 631 g/mol. The molecule has 4 atom stereocenters. The highest BCUT2D eigenvalue weighted by Crippen LogP contribution is 2.21. The molecule has 4 unspecified atom stereocenters. The second-order valence-corrected chi connectivity index (χ2v) is 11.9. The first kappa shape index (κ1) is 33.7. The molecule has 10 N–H and O–H groups in total. The average Bonchev–Trinajstić information content (AvgIpc) is 3.62. The predicted octanol–water partition coefficient (Wildman–Crippen LogP) is 1.61. The van der Waals surface area contributed by atoms with E-state index in [1.165, 1.54) is 0 Å². The van der Waals surface area contributed by atoms with Crippen molar-refractivity contribution in [2.24, 2.45) is 17.4 Å². The van der Waals surface area contributed by atoms with Gasteiger partial charge in [0.1, 0.15) is 18.1 Å². The van der Waals surface area contributed by atoms with Crippen molar-refractivity contribution in [1.29, 1.82) is 0 Å². The summed E-state index contributed by atoms with van der Waals surface area (Å²) in [6.07, 6.45) is 3.66. The minimum atomic E-state index is -1.29. The summed E-state index contributed by atoms with van der Waals surface area (Å²) >= 11 is 0. The van der Waals surface area contributed by atoms with Crippen LogP contribution >= 0.6 is 0 Å². The third kappa shape index (κ3) is 8.72. The number of amides is 4. The number of carboxylic acids is 1. The Balaban J connectivity index is 1.57. The lowest BCUT2D eigenvalue weighted by molar-refractivity contribution is -0.142.